The van der Waals surface area contributed by atoms with Gasteiger partial charge in [0.1, 0.15) is 13.2 Å². The second kappa shape index (κ2) is 5.00. The number of esters is 1. The molecule has 86 valence electrons. The lowest BCUT2D eigenvalue weighted by Crippen LogP contribution is -2.31. The fourth-order valence-electron chi connectivity index (χ4n) is 0.866. The zero-order chi connectivity index (χ0) is 11.5. The van der Waals surface area contributed by atoms with Gasteiger partial charge in [0.05, 0.1) is 5.41 Å². The quantitative estimate of drug-likeness (QED) is 0.445. The van der Waals surface area contributed by atoms with Gasteiger partial charge in [0, 0.05) is 4.43 Å². The minimum atomic E-state index is -0.704. The third-order valence-corrected chi connectivity index (χ3v) is 3.84. The predicted octanol–water partition coefficient (Wildman–Crippen LogP) is 1.53. The third-order valence-electron chi connectivity index (χ3n) is 1.94. The second-order valence-electron chi connectivity index (χ2n) is 3.92. The van der Waals surface area contributed by atoms with Crippen molar-refractivity contribution < 1.29 is 23.8 Å². The molecule has 0 spiro atoms. The lowest BCUT2D eigenvalue weighted by molar-refractivity contribution is -0.154. The number of halogens is 1. The van der Waals surface area contributed by atoms with Crippen molar-refractivity contribution in [2.24, 2.45) is 5.41 Å². The summed E-state index contributed by atoms with van der Waals surface area (Å²) < 4.78 is 15.0. The zero-order valence-electron chi connectivity index (χ0n) is 8.62. The molecule has 1 aliphatic heterocycles. The van der Waals surface area contributed by atoms with Crippen molar-refractivity contribution in [3.05, 3.63) is 0 Å². The van der Waals surface area contributed by atoms with Crippen LogP contribution in [0.1, 0.15) is 13.8 Å². The molecule has 0 aliphatic carbocycles. The van der Waals surface area contributed by atoms with E-state index in [-0.39, 0.29) is 19.2 Å². The van der Waals surface area contributed by atoms with Crippen molar-refractivity contribution in [2.45, 2.75) is 20.0 Å². The average molecular weight is 328 g/mol. The van der Waals surface area contributed by atoms with Gasteiger partial charge in [0.2, 0.25) is 0 Å². The summed E-state index contributed by atoms with van der Waals surface area (Å²) in [6, 6.07) is 0. The second-order valence-corrected chi connectivity index (χ2v) is 4.68. The summed E-state index contributed by atoms with van der Waals surface area (Å²) in [5.41, 5.74) is -0.510. The maximum Gasteiger partial charge on any atom is 0.508 e. The van der Waals surface area contributed by atoms with E-state index in [4.69, 9.17) is 9.47 Å². The van der Waals surface area contributed by atoms with Crippen molar-refractivity contribution in [2.75, 3.05) is 17.6 Å². The Labute approximate surface area is 102 Å². The average Bonchev–Trinajstić information content (AvgIpc) is 2.60. The van der Waals surface area contributed by atoms with Gasteiger partial charge in [0.25, 0.3) is 0 Å². The first-order valence-corrected chi connectivity index (χ1v) is 6.05. The molecule has 0 aromatic carbocycles. The van der Waals surface area contributed by atoms with E-state index in [0.29, 0.717) is 4.43 Å². The SMILES string of the molecule is CC(C)(CI)C(=O)OCC1COC(=O)O1. The van der Waals surface area contributed by atoms with Crippen LogP contribution in [0.2, 0.25) is 0 Å². The van der Waals surface area contributed by atoms with Gasteiger partial charge in [-0.2, -0.15) is 0 Å². The fourth-order valence-corrected chi connectivity index (χ4v) is 1.18. The maximum atomic E-state index is 11.5. The Balaban J connectivity index is 2.31. The molecule has 1 fully saturated rings. The molecule has 1 saturated heterocycles. The van der Waals surface area contributed by atoms with Gasteiger partial charge in [-0.1, -0.05) is 22.6 Å². The molecule has 0 N–H and O–H groups in total. The molecule has 1 heterocycles. The number of alkyl halides is 1. The number of rotatable bonds is 4. The third kappa shape index (κ3) is 3.51. The predicted molar refractivity (Wildman–Crippen MR) is 59.8 cm³/mol. The highest BCUT2D eigenvalue weighted by Crippen LogP contribution is 2.20. The highest BCUT2D eigenvalue weighted by molar-refractivity contribution is 14.1. The Kier molecular flexibility index (Phi) is 4.18. The van der Waals surface area contributed by atoms with Gasteiger partial charge in [-0.25, -0.2) is 4.79 Å². The minimum absolute atomic E-state index is 0.0602. The molecule has 0 saturated carbocycles. The van der Waals surface area contributed by atoms with E-state index in [1.54, 1.807) is 13.8 Å². The summed E-state index contributed by atoms with van der Waals surface area (Å²) in [6.45, 7) is 3.82. The van der Waals surface area contributed by atoms with Crippen LogP contribution in [0.25, 0.3) is 0 Å². The summed E-state index contributed by atoms with van der Waals surface area (Å²) >= 11 is 2.13. The molecule has 6 heteroatoms. The zero-order valence-corrected chi connectivity index (χ0v) is 10.8. The van der Waals surface area contributed by atoms with Gasteiger partial charge in [-0.3, -0.25) is 4.79 Å². The van der Waals surface area contributed by atoms with Crippen LogP contribution >= 0.6 is 22.6 Å². The smallest absolute Gasteiger partial charge is 0.461 e. The van der Waals surface area contributed by atoms with Crippen molar-refractivity contribution >= 4 is 34.7 Å². The molecule has 0 radical (unpaired) electrons. The largest absolute Gasteiger partial charge is 0.508 e. The van der Waals surface area contributed by atoms with Crippen LogP contribution in [0, 0.1) is 5.41 Å². The maximum absolute atomic E-state index is 11.5. The first-order chi connectivity index (χ1) is 6.95. The van der Waals surface area contributed by atoms with Gasteiger partial charge in [-0.05, 0) is 13.8 Å². The van der Waals surface area contributed by atoms with Crippen LogP contribution in [-0.4, -0.2) is 35.9 Å². The number of carbonyl (C=O) groups excluding carboxylic acids is 2. The highest BCUT2D eigenvalue weighted by atomic mass is 127. The Morgan fingerprint density at radius 1 is 1.67 bits per heavy atom. The van der Waals surface area contributed by atoms with E-state index in [1.165, 1.54) is 0 Å². The Morgan fingerprint density at radius 2 is 2.33 bits per heavy atom. The molecule has 0 amide bonds. The van der Waals surface area contributed by atoms with Crippen LogP contribution in [0.4, 0.5) is 4.79 Å². The summed E-state index contributed by atoms with van der Waals surface area (Å²) in [7, 11) is 0. The molecular weight excluding hydrogens is 315 g/mol. The van der Waals surface area contributed by atoms with Gasteiger partial charge >= 0.3 is 12.1 Å². The molecular formula is C9H13IO5. The van der Waals surface area contributed by atoms with Crippen molar-refractivity contribution in [1.29, 1.82) is 0 Å². The lowest BCUT2D eigenvalue weighted by Gasteiger charge is -2.20. The van der Waals surface area contributed by atoms with E-state index in [2.05, 4.69) is 27.3 Å². The summed E-state index contributed by atoms with van der Waals surface area (Å²) in [6.07, 6.45) is -1.17. The lowest BCUT2D eigenvalue weighted by atomic mass is 9.97. The first-order valence-electron chi connectivity index (χ1n) is 4.52. The van der Waals surface area contributed by atoms with Crippen LogP contribution < -0.4 is 0 Å². The molecule has 0 aromatic heterocycles. The Morgan fingerprint density at radius 3 is 2.80 bits per heavy atom. The number of ether oxygens (including phenoxy) is 3. The summed E-state index contributed by atoms with van der Waals surface area (Å²) in [5.74, 6) is -0.292. The first kappa shape index (κ1) is 12.5. The summed E-state index contributed by atoms with van der Waals surface area (Å²) in [5, 5.41) is 0. The van der Waals surface area contributed by atoms with Crippen LogP contribution in [0.15, 0.2) is 0 Å². The molecule has 0 aromatic rings. The molecule has 1 aliphatic rings. The topological polar surface area (TPSA) is 61.8 Å². The fraction of sp³-hybridized carbons (Fsp3) is 0.778. The van der Waals surface area contributed by atoms with E-state index in [0.717, 1.165) is 0 Å². The number of cyclic esters (lactones) is 2. The molecule has 5 nitrogen and oxygen atoms in total. The molecule has 1 rings (SSSR count). The highest BCUT2D eigenvalue weighted by Gasteiger charge is 2.31. The van der Waals surface area contributed by atoms with Crippen LogP contribution in [0.3, 0.4) is 0 Å². The van der Waals surface area contributed by atoms with Crippen molar-refractivity contribution in [1.82, 2.24) is 0 Å². The van der Waals surface area contributed by atoms with Gasteiger partial charge in [-0.15, -0.1) is 0 Å². The van der Waals surface area contributed by atoms with Gasteiger partial charge < -0.3 is 14.2 Å². The van der Waals surface area contributed by atoms with Crippen molar-refractivity contribution in [3.63, 3.8) is 0 Å². The Bertz CT molecular complexity index is 263. The minimum Gasteiger partial charge on any atom is -0.461 e. The molecule has 15 heavy (non-hydrogen) atoms. The molecule has 1 unspecified atom stereocenters. The monoisotopic (exact) mass is 328 g/mol. The van der Waals surface area contributed by atoms with Gasteiger partial charge in [0.15, 0.2) is 6.10 Å². The Hall–Kier alpha value is -0.530. The van der Waals surface area contributed by atoms with Crippen LogP contribution in [0.5, 0.6) is 0 Å². The normalized spacial score (nSPS) is 20.7. The number of carbonyl (C=O) groups is 2. The van der Waals surface area contributed by atoms with E-state index < -0.39 is 17.7 Å². The molecule has 1 atom stereocenters. The van der Waals surface area contributed by atoms with Crippen molar-refractivity contribution in [3.8, 4) is 0 Å². The van der Waals surface area contributed by atoms with E-state index >= 15 is 0 Å². The summed E-state index contributed by atoms with van der Waals surface area (Å²) in [4.78, 5) is 22.1. The van der Waals surface area contributed by atoms with Crippen LogP contribution in [-0.2, 0) is 19.0 Å². The molecule has 0 bridgehead atoms. The van der Waals surface area contributed by atoms with E-state index in [1.807, 2.05) is 0 Å². The number of hydrogen-bond acceptors (Lipinski definition) is 5. The van der Waals surface area contributed by atoms with E-state index in [9.17, 15) is 9.59 Å². The standard InChI is InChI=1S/C9H13IO5/c1-9(2,5-10)7(11)13-3-6-4-14-8(12)15-6/h6H,3-5H2,1-2H3. The number of hydrogen-bond donors (Lipinski definition) is 0.